The van der Waals surface area contributed by atoms with E-state index < -0.39 is 0 Å². The predicted molar refractivity (Wildman–Crippen MR) is 49.8 cm³/mol. The quantitative estimate of drug-likeness (QED) is 0.760. The van der Waals surface area contributed by atoms with Crippen LogP contribution in [0.25, 0.3) is 0 Å². The lowest BCUT2D eigenvalue weighted by Crippen LogP contribution is -2.29. The number of carbonyl (C=O) groups is 1. The van der Waals surface area contributed by atoms with Crippen molar-refractivity contribution in [2.75, 3.05) is 20.2 Å². The minimum Gasteiger partial charge on any atom is -0.395 e. The zero-order valence-corrected chi connectivity index (χ0v) is 8.01. The summed E-state index contributed by atoms with van der Waals surface area (Å²) in [6.45, 7) is 0.270. The molecule has 0 spiro atoms. The van der Waals surface area contributed by atoms with Crippen LogP contribution >= 0.6 is 11.6 Å². The van der Waals surface area contributed by atoms with E-state index in [2.05, 4.69) is 4.98 Å². The highest BCUT2D eigenvalue weighted by Gasteiger charge is 2.12. The van der Waals surface area contributed by atoms with Gasteiger partial charge in [0.05, 0.1) is 11.6 Å². The first-order chi connectivity index (χ1) is 6.15. The maximum absolute atomic E-state index is 11.5. The van der Waals surface area contributed by atoms with Crippen LogP contribution in [0.2, 0.25) is 5.02 Å². The number of H-pyrrole nitrogens is 1. The van der Waals surface area contributed by atoms with Crippen LogP contribution < -0.4 is 0 Å². The molecule has 0 radical (unpaired) electrons. The highest BCUT2D eigenvalue weighted by atomic mass is 35.5. The van der Waals surface area contributed by atoms with E-state index in [9.17, 15) is 4.79 Å². The summed E-state index contributed by atoms with van der Waals surface area (Å²) in [6.07, 6.45) is 1.54. The fourth-order valence-corrected chi connectivity index (χ4v) is 1.11. The summed E-state index contributed by atoms with van der Waals surface area (Å²) >= 11 is 5.63. The summed E-state index contributed by atoms with van der Waals surface area (Å²) in [6, 6.07) is 1.55. The normalized spacial score (nSPS) is 10.1. The molecule has 0 saturated heterocycles. The molecule has 1 aromatic rings. The average molecular weight is 203 g/mol. The first-order valence-electron chi connectivity index (χ1n) is 3.85. The molecule has 0 atom stereocenters. The fourth-order valence-electron chi connectivity index (χ4n) is 0.949. The lowest BCUT2D eigenvalue weighted by Gasteiger charge is -2.13. The van der Waals surface area contributed by atoms with Gasteiger partial charge in [-0.1, -0.05) is 11.6 Å². The van der Waals surface area contributed by atoms with Crippen molar-refractivity contribution in [2.45, 2.75) is 0 Å². The van der Waals surface area contributed by atoms with Crippen molar-refractivity contribution in [3.63, 3.8) is 0 Å². The third kappa shape index (κ3) is 2.47. The molecule has 4 nitrogen and oxygen atoms in total. The van der Waals surface area contributed by atoms with Gasteiger partial charge in [-0.2, -0.15) is 0 Å². The Bertz CT molecular complexity index is 298. The lowest BCUT2D eigenvalue weighted by molar-refractivity contribution is 0.0762. The smallest absolute Gasteiger partial charge is 0.270 e. The summed E-state index contributed by atoms with van der Waals surface area (Å²) < 4.78 is 0. The first kappa shape index (κ1) is 10.1. The number of amides is 1. The van der Waals surface area contributed by atoms with Gasteiger partial charge in [0, 0.05) is 19.8 Å². The topological polar surface area (TPSA) is 56.3 Å². The molecule has 0 aliphatic rings. The van der Waals surface area contributed by atoms with E-state index in [0.717, 1.165) is 0 Å². The van der Waals surface area contributed by atoms with Crippen molar-refractivity contribution in [1.82, 2.24) is 9.88 Å². The second kappa shape index (κ2) is 4.30. The van der Waals surface area contributed by atoms with Crippen molar-refractivity contribution in [1.29, 1.82) is 0 Å². The van der Waals surface area contributed by atoms with Gasteiger partial charge in [-0.3, -0.25) is 4.79 Å². The van der Waals surface area contributed by atoms with Gasteiger partial charge >= 0.3 is 0 Å². The van der Waals surface area contributed by atoms with E-state index >= 15 is 0 Å². The van der Waals surface area contributed by atoms with Gasteiger partial charge in [-0.25, -0.2) is 0 Å². The minimum absolute atomic E-state index is 0.0450. The number of nitrogens with one attached hydrogen (secondary N) is 1. The van der Waals surface area contributed by atoms with Crippen LogP contribution in [-0.2, 0) is 0 Å². The summed E-state index contributed by atoms with van der Waals surface area (Å²) in [5.41, 5.74) is 0.431. The van der Waals surface area contributed by atoms with Crippen molar-refractivity contribution in [3.8, 4) is 0 Å². The maximum Gasteiger partial charge on any atom is 0.270 e. The van der Waals surface area contributed by atoms with Crippen LogP contribution in [0.15, 0.2) is 12.3 Å². The molecule has 0 aliphatic heterocycles. The van der Waals surface area contributed by atoms with Gasteiger partial charge in [0.2, 0.25) is 0 Å². The number of aromatic amines is 1. The molecule has 0 aromatic carbocycles. The highest BCUT2D eigenvalue weighted by molar-refractivity contribution is 6.30. The summed E-state index contributed by atoms with van der Waals surface area (Å²) in [7, 11) is 1.62. The molecule has 0 fully saturated rings. The van der Waals surface area contributed by atoms with Crippen LogP contribution in [0, 0.1) is 0 Å². The third-order valence-corrected chi connectivity index (χ3v) is 1.88. The standard InChI is InChI=1S/C8H11ClN2O2/c1-11(2-3-12)8(13)7-4-6(9)5-10-7/h4-5,10,12H,2-3H2,1H3. The number of aromatic nitrogens is 1. The Morgan fingerprint density at radius 1 is 1.77 bits per heavy atom. The number of hydrogen-bond acceptors (Lipinski definition) is 2. The molecule has 0 unspecified atom stereocenters. The molecule has 72 valence electrons. The molecule has 1 aromatic heterocycles. The van der Waals surface area contributed by atoms with E-state index in [1.165, 1.54) is 4.90 Å². The molecule has 1 amide bonds. The van der Waals surface area contributed by atoms with E-state index in [1.807, 2.05) is 0 Å². The molecule has 1 rings (SSSR count). The second-order valence-corrected chi connectivity index (χ2v) is 3.12. The monoisotopic (exact) mass is 202 g/mol. The van der Waals surface area contributed by atoms with Gasteiger partial charge < -0.3 is 15.0 Å². The van der Waals surface area contributed by atoms with Gasteiger partial charge in [0.25, 0.3) is 5.91 Å². The molecular formula is C8H11ClN2O2. The Hall–Kier alpha value is -1.00. The van der Waals surface area contributed by atoms with Crippen LogP contribution in [0.4, 0.5) is 0 Å². The third-order valence-electron chi connectivity index (χ3n) is 1.66. The van der Waals surface area contributed by atoms with E-state index in [4.69, 9.17) is 16.7 Å². The van der Waals surface area contributed by atoms with Crippen LogP contribution in [0.1, 0.15) is 10.5 Å². The van der Waals surface area contributed by atoms with Crippen molar-refractivity contribution >= 4 is 17.5 Å². The molecule has 0 aliphatic carbocycles. The lowest BCUT2D eigenvalue weighted by atomic mass is 10.4. The zero-order valence-electron chi connectivity index (χ0n) is 7.25. The fraction of sp³-hybridized carbons (Fsp3) is 0.375. The van der Waals surface area contributed by atoms with E-state index in [-0.39, 0.29) is 12.5 Å². The Morgan fingerprint density at radius 3 is 2.92 bits per heavy atom. The van der Waals surface area contributed by atoms with Crippen LogP contribution in [0.3, 0.4) is 0 Å². The molecule has 13 heavy (non-hydrogen) atoms. The summed E-state index contributed by atoms with van der Waals surface area (Å²) in [5, 5.41) is 9.11. The van der Waals surface area contributed by atoms with Gasteiger partial charge in [-0.15, -0.1) is 0 Å². The van der Waals surface area contributed by atoms with Gasteiger partial charge in [0.15, 0.2) is 0 Å². The summed E-state index contributed by atoms with van der Waals surface area (Å²) in [5.74, 6) is -0.180. The number of nitrogens with zero attached hydrogens (tertiary/aromatic N) is 1. The minimum atomic E-state index is -0.180. The number of aliphatic hydroxyl groups excluding tert-OH is 1. The largest absolute Gasteiger partial charge is 0.395 e. The average Bonchev–Trinajstić information content (AvgIpc) is 2.51. The Kier molecular flexibility index (Phi) is 3.33. The molecule has 1 heterocycles. The van der Waals surface area contributed by atoms with E-state index in [1.54, 1.807) is 19.3 Å². The van der Waals surface area contributed by atoms with Crippen molar-refractivity contribution < 1.29 is 9.90 Å². The Balaban J connectivity index is 2.67. The number of carbonyl (C=O) groups excluding carboxylic acids is 1. The number of rotatable bonds is 3. The second-order valence-electron chi connectivity index (χ2n) is 2.68. The number of aliphatic hydroxyl groups is 1. The zero-order chi connectivity index (χ0) is 9.84. The molecule has 5 heteroatoms. The summed E-state index contributed by atoms with van der Waals surface area (Å²) in [4.78, 5) is 15.6. The van der Waals surface area contributed by atoms with Crippen molar-refractivity contribution in [2.24, 2.45) is 0 Å². The molecule has 0 bridgehead atoms. The molecule has 2 N–H and O–H groups in total. The Labute approximate surface area is 81.1 Å². The maximum atomic E-state index is 11.5. The van der Waals surface area contributed by atoms with Gasteiger partial charge in [-0.05, 0) is 6.07 Å². The van der Waals surface area contributed by atoms with Crippen LogP contribution in [0.5, 0.6) is 0 Å². The van der Waals surface area contributed by atoms with E-state index in [0.29, 0.717) is 17.3 Å². The highest BCUT2D eigenvalue weighted by Crippen LogP contribution is 2.10. The van der Waals surface area contributed by atoms with Gasteiger partial charge in [0.1, 0.15) is 5.69 Å². The van der Waals surface area contributed by atoms with Crippen LogP contribution in [-0.4, -0.2) is 41.1 Å². The number of hydrogen-bond donors (Lipinski definition) is 2. The number of halogens is 1. The first-order valence-corrected chi connectivity index (χ1v) is 4.23. The van der Waals surface area contributed by atoms with Crippen molar-refractivity contribution in [3.05, 3.63) is 23.0 Å². The SMILES string of the molecule is CN(CCO)C(=O)c1cc(Cl)c[nH]1. The number of likely N-dealkylation sites (N-methyl/N-ethyl adjacent to an activating group) is 1. The molecule has 0 saturated carbocycles. The predicted octanol–water partition coefficient (Wildman–Crippen LogP) is 0.732. The Morgan fingerprint density at radius 2 is 2.46 bits per heavy atom. The molecular weight excluding hydrogens is 192 g/mol.